The number of hydrogen-bond donors (Lipinski definition) is 1. The lowest BCUT2D eigenvalue weighted by molar-refractivity contribution is -0.140. The van der Waals surface area contributed by atoms with Crippen molar-refractivity contribution < 1.29 is 18.7 Å². The van der Waals surface area contributed by atoms with E-state index in [0.717, 1.165) is 11.3 Å². The predicted octanol–water partition coefficient (Wildman–Crippen LogP) is 6.04. The monoisotopic (exact) mass is 467 g/mol. The fourth-order valence-corrected chi connectivity index (χ4v) is 4.75. The highest BCUT2D eigenvalue weighted by Crippen LogP contribution is 2.45. The van der Waals surface area contributed by atoms with E-state index in [0.29, 0.717) is 40.3 Å². The summed E-state index contributed by atoms with van der Waals surface area (Å²) >= 11 is 6.03. The van der Waals surface area contributed by atoms with Gasteiger partial charge in [-0.3, -0.25) is 4.79 Å². The molecule has 0 saturated carbocycles. The zero-order valence-electron chi connectivity index (χ0n) is 19.0. The van der Waals surface area contributed by atoms with Crippen LogP contribution >= 0.6 is 11.6 Å². The quantitative estimate of drug-likeness (QED) is 0.544. The highest BCUT2D eigenvalue weighted by atomic mass is 35.5. The number of benzene rings is 2. The third-order valence-electron chi connectivity index (χ3n) is 6.12. The van der Waals surface area contributed by atoms with Crippen LogP contribution in [0.1, 0.15) is 56.6 Å². The summed E-state index contributed by atoms with van der Waals surface area (Å²) in [5, 5.41) is 3.96. The summed E-state index contributed by atoms with van der Waals surface area (Å²) in [6.07, 6.45) is 0.918. The molecule has 0 amide bonds. The fraction of sp³-hybridized carbons (Fsp3) is 0.333. The number of hydrogen-bond acceptors (Lipinski definition) is 4. The van der Waals surface area contributed by atoms with E-state index in [4.69, 9.17) is 16.3 Å². The van der Waals surface area contributed by atoms with Gasteiger partial charge in [-0.2, -0.15) is 0 Å². The summed E-state index contributed by atoms with van der Waals surface area (Å²) in [6, 6.07) is 13.6. The third kappa shape index (κ3) is 4.88. The van der Waals surface area contributed by atoms with E-state index in [2.05, 4.69) is 5.32 Å². The van der Waals surface area contributed by atoms with Crippen molar-refractivity contribution >= 4 is 23.4 Å². The summed E-state index contributed by atoms with van der Waals surface area (Å²) in [4.78, 5) is 26.6. The maximum absolute atomic E-state index is 14.2. The number of esters is 1. The molecule has 1 aliphatic heterocycles. The second-order valence-corrected chi connectivity index (χ2v) is 9.55. The molecule has 2 atom stereocenters. The van der Waals surface area contributed by atoms with Crippen molar-refractivity contribution in [3.05, 3.63) is 93.0 Å². The molecule has 0 spiro atoms. The zero-order chi connectivity index (χ0) is 23.7. The number of allylic oxidation sites excluding steroid dienone is 3. The number of carbonyl (C=O) groups excluding carboxylic acids is 2. The lowest BCUT2D eigenvalue weighted by atomic mass is 9.71. The molecule has 0 aromatic heterocycles. The van der Waals surface area contributed by atoms with Gasteiger partial charge in [0.15, 0.2) is 5.78 Å². The molecule has 2 aromatic carbocycles. The Morgan fingerprint density at radius 2 is 1.88 bits per heavy atom. The summed E-state index contributed by atoms with van der Waals surface area (Å²) in [7, 11) is 0. The van der Waals surface area contributed by atoms with Crippen molar-refractivity contribution in [3.8, 4) is 0 Å². The molecule has 0 radical (unpaired) electrons. The van der Waals surface area contributed by atoms with Gasteiger partial charge in [0.1, 0.15) is 5.82 Å². The van der Waals surface area contributed by atoms with Crippen molar-refractivity contribution in [2.75, 3.05) is 6.61 Å². The maximum atomic E-state index is 14.2. The van der Waals surface area contributed by atoms with E-state index in [1.165, 1.54) is 12.1 Å². The molecule has 2 aromatic rings. The molecule has 172 valence electrons. The Labute approximate surface area is 198 Å². The second kappa shape index (κ2) is 9.52. The average molecular weight is 468 g/mol. The van der Waals surface area contributed by atoms with E-state index in [1.807, 2.05) is 38.1 Å². The van der Waals surface area contributed by atoms with Crippen molar-refractivity contribution in [2.45, 2.75) is 45.4 Å². The van der Waals surface area contributed by atoms with Crippen molar-refractivity contribution in [3.63, 3.8) is 0 Å². The number of halogens is 2. The highest BCUT2D eigenvalue weighted by Gasteiger charge is 2.41. The molecule has 0 saturated heterocycles. The molecular formula is C27H27ClFNO3. The predicted molar refractivity (Wildman–Crippen MR) is 126 cm³/mol. The first-order valence-electron chi connectivity index (χ1n) is 11.2. The van der Waals surface area contributed by atoms with E-state index in [-0.39, 0.29) is 24.2 Å². The standard InChI is InChI=1S/C27H27ClFNO3/c1-15(2)14-33-27(32)24-16(3)30-22-12-19(17-7-9-20(28)10-8-17)13-23(31)26(22)25(24)18-5-4-6-21(29)11-18/h4-11,15,19,25,30H,12-14H2,1-3H3/t19-,25+/m1/s1. The Kier molecular flexibility index (Phi) is 6.71. The van der Waals surface area contributed by atoms with Crippen molar-refractivity contribution in [1.29, 1.82) is 0 Å². The van der Waals surface area contributed by atoms with Gasteiger partial charge in [0, 0.05) is 34.3 Å². The second-order valence-electron chi connectivity index (χ2n) is 9.12. The first-order valence-corrected chi connectivity index (χ1v) is 11.5. The summed E-state index contributed by atoms with van der Waals surface area (Å²) in [6.45, 7) is 5.99. The van der Waals surface area contributed by atoms with Gasteiger partial charge in [0.25, 0.3) is 0 Å². The first-order chi connectivity index (χ1) is 15.7. The van der Waals surface area contributed by atoms with E-state index in [9.17, 15) is 14.0 Å². The van der Waals surface area contributed by atoms with Gasteiger partial charge in [-0.25, -0.2) is 9.18 Å². The minimum absolute atomic E-state index is 0.00332. The Morgan fingerprint density at radius 1 is 1.15 bits per heavy atom. The van der Waals surface area contributed by atoms with Gasteiger partial charge in [-0.1, -0.05) is 49.7 Å². The Bertz CT molecular complexity index is 1150. The number of ketones is 1. The lowest BCUT2D eigenvalue weighted by Crippen LogP contribution is -2.36. The molecule has 2 aliphatic rings. The summed E-state index contributed by atoms with van der Waals surface area (Å²) in [5.74, 6) is -1.46. The van der Waals surface area contributed by atoms with Crippen LogP contribution in [-0.4, -0.2) is 18.4 Å². The molecule has 1 heterocycles. The maximum Gasteiger partial charge on any atom is 0.336 e. The average Bonchev–Trinajstić information content (AvgIpc) is 2.76. The number of Topliss-reactive ketones (excluding diaryl/α,β-unsaturated/α-hetero) is 1. The largest absolute Gasteiger partial charge is 0.462 e. The molecule has 33 heavy (non-hydrogen) atoms. The molecule has 1 N–H and O–H groups in total. The Balaban J connectivity index is 1.76. The minimum Gasteiger partial charge on any atom is -0.462 e. The molecule has 0 fully saturated rings. The fourth-order valence-electron chi connectivity index (χ4n) is 4.62. The van der Waals surface area contributed by atoms with Crippen LogP contribution in [0.25, 0.3) is 0 Å². The van der Waals surface area contributed by atoms with Gasteiger partial charge < -0.3 is 10.1 Å². The van der Waals surface area contributed by atoms with Crippen LogP contribution in [-0.2, 0) is 14.3 Å². The van der Waals surface area contributed by atoms with Crippen LogP contribution in [0.2, 0.25) is 5.02 Å². The zero-order valence-corrected chi connectivity index (χ0v) is 19.7. The van der Waals surface area contributed by atoms with Gasteiger partial charge >= 0.3 is 5.97 Å². The summed E-state index contributed by atoms with van der Waals surface area (Å²) in [5.41, 5.74) is 3.89. The molecule has 4 rings (SSSR count). The summed E-state index contributed by atoms with van der Waals surface area (Å²) < 4.78 is 19.7. The van der Waals surface area contributed by atoms with Crippen molar-refractivity contribution in [1.82, 2.24) is 5.32 Å². The van der Waals surface area contributed by atoms with Gasteiger partial charge in [0.05, 0.1) is 12.2 Å². The molecule has 1 aliphatic carbocycles. The smallest absolute Gasteiger partial charge is 0.336 e. The van der Waals surface area contributed by atoms with E-state index >= 15 is 0 Å². The Hall–Kier alpha value is -2.92. The molecule has 0 unspecified atom stereocenters. The van der Waals surface area contributed by atoms with Crippen LogP contribution in [0.4, 0.5) is 4.39 Å². The van der Waals surface area contributed by atoms with Crippen LogP contribution in [0.5, 0.6) is 0 Å². The third-order valence-corrected chi connectivity index (χ3v) is 6.37. The van der Waals surface area contributed by atoms with Crippen LogP contribution < -0.4 is 5.32 Å². The van der Waals surface area contributed by atoms with Gasteiger partial charge in [-0.15, -0.1) is 0 Å². The van der Waals surface area contributed by atoms with Crippen molar-refractivity contribution in [2.24, 2.45) is 5.92 Å². The number of rotatable bonds is 5. The topological polar surface area (TPSA) is 55.4 Å². The lowest BCUT2D eigenvalue weighted by Gasteiger charge is -2.36. The SMILES string of the molecule is CC1=C(C(=O)OCC(C)C)[C@H](c2cccc(F)c2)C2=C(C[C@@H](c3ccc(Cl)cc3)CC2=O)N1. The van der Waals surface area contributed by atoms with Gasteiger partial charge in [-0.05, 0) is 60.6 Å². The molecule has 6 heteroatoms. The first kappa shape index (κ1) is 23.2. The minimum atomic E-state index is -0.671. The van der Waals surface area contributed by atoms with Gasteiger partial charge in [0.2, 0.25) is 0 Å². The van der Waals surface area contributed by atoms with E-state index in [1.54, 1.807) is 19.1 Å². The number of dihydropyridines is 1. The highest BCUT2D eigenvalue weighted by molar-refractivity contribution is 6.30. The Morgan fingerprint density at radius 3 is 2.55 bits per heavy atom. The molecule has 0 bridgehead atoms. The van der Waals surface area contributed by atoms with Crippen LogP contribution in [0.15, 0.2) is 71.1 Å². The van der Waals surface area contributed by atoms with Crippen LogP contribution in [0, 0.1) is 11.7 Å². The number of ether oxygens (including phenoxy) is 1. The van der Waals surface area contributed by atoms with E-state index < -0.39 is 17.7 Å². The molecular weight excluding hydrogens is 441 g/mol. The number of nitrogens with one attached hydrogen (secondary N) is 1. The normalized spacial score (nSPS) is 20.6. The van der Waals surface area contributed by atoms with Crippen LogP contribution in [0.3, 0.4) is 0 Å². The molecule has 4 nitrogen and oxygen atoms in total. The number of carbonyl (C=O) groups is 2.